The zero-order chi connectivity index (χ0) is 22.1. The number of aryl methyl sites for hydroxylation is 1. The van der Waals surface area contributed by atoms with E-state index in [1.54, 1.807) is 6.26 Å². The number of nitrogens with one attached hydrogen (secondary N) is 1. The van der Waals surface area contributed by atoms with Crippen molar-refractivity contribution in [1.29, 1.82) is 0 Å². The molecule has 0 radical (unpaired) electrons. The van der Waals surface area contributed by atoms with Gasteiger partial charge in [0.15, 0.2) is 5.76 Å². The van der Waals surface area contributed by atoms with Crippen molar-refractivity contribution >= 4 is 22.8 Å². The molecule has 3 rings (SSSR count). The summed E-state index contributed by atoms with van der Waals surface area (Å²) in [5.74, 6) is 0.733. The van der Waals surface area contributed by atoms with Gasteiger partial charge < -0.3 is 9.73 Å². The molecule has 0 saturated heterocycles. The summed E-state index contributed by atoms with van der Waals surface area (Å²) in [6.45, 7) is 13.9. The fourth-order valence-corrected chi connectivity index (χ4v) is 3.06. The summed E-state index contributed by atoms with van der Waals surface area (Å²) in [6, 6.07) is 10.2. The van der Waals surface area contributed by atoms with Gasteiger partial charge >= 0.3 is 0 Å². The molecule has 0 amide bonds. The Hall–Kier alpha value is -3.14. The molecule has 0 spiro atoms. The summed E-state index contributed by atoms with van der Waals surface area (Å²) in [7, 11) is 1.86. The van der Waals surface area contributed by atoms with Crippen molar-refractivity contribution in [2.45, 2.75) is 47.5 Å². The van der Waals surface area contributed by atoms with E-state index in [0.29, 0.717) is 0 Å². The first-order valence-electron chi connectivity index (χ1n) is 10.3. The lowest BCUT2D eigenvalue weighted by atomic mass is 10.1. The van der Waals surface area contributed by atoms with Gasteiger partial charge in [0.05, 0.1) is 6.26 Å². The summed E-state index contributed by atoms with van der Waals surface area (Å²) in [5, 5.41) is 3.48. The van der Waals surface area contributed by atoms with E-state index in [2.05, 4.69) is 35.1 Å². The number of hydrogen-bond donors (Lipinski definition) is 1. The molecule has 0 atom stereocenters. The van der Waals surface area contributed by atoms with E-state index in [4.69, 9.17) is 9.41 Å². The number of allylic oxidation sites excluding steroid dienone is 4. The van der Waals surface area contributed by atoms with Crippen LogP contribution in [-0.2, 0) is 6.42 Å². The van der Waals surface area contributed by atoms with Gasteiger partial charge in [0, 0.05) is 29.9 Å². The van der Waals surface area contributed by atoms with Gasteiger partial charge in [-0.3, -0.25) is 4.99 Å². The second-order valence-electron chi connectivity index (χ2n) is 7.26. The van der Waals surface area contributed by atoms with Crippen molar-refractivity contribution in [3.05, 3.63) is 83.5 Å². The number of anilines is 1. The molecule has 0 bridgehead atoms. The highest BCUT2D eigenvalue weighted by molar-refractivity contribution is 6.05. The van der Waals surface area contributed by atoms with Crippen molar-refractivity contribution in [2.24, 2.45) is 9.98 Å². The van der Waals surface area contributed by atoms with Gasteiger partial charge in [0.2, 0.25) is 0 Å². The quantitative estimate of drug-likeness (QED) is 0.429. The molecule has 158 valence electrons. The lowest BCUT2D eigenvalue weighted by molar-refractivity contribution is 0.551. The standard InChI is InChI=1S/C22H25N3O.C4H8/c1-14(2)15(3)25-22(21-7-6-12-26-21)16(4)24-18-9-10-19-17(13-18)8-11-20(19)23-5;1-3-4-2/h6-7,9-10,12-13,24H,1,8,11H2,2-5H3;3-4H,1-2H3/b22-16+,23-20?,25-15?;4-3-. The Morgan fingerprint density at radius 1 is 1.10 bits per heavy atom. The molecule has 1 aliphatic rings. The average Bonchev–Trinajstić information content (AvgIpc) is 3.41. The van der Waals surface area contributed by atoms with Crippen LogP contribution in [0.3, 0.4) is 0 Å². The summed E-state index contributed by atoms with van der Waals surface area (Å²) < 4.78 is 5.59. The zero-order valence-corrected chi connectivity index (χ0v) is 19.0. The fraction of sp³-hybridized carbons (Fsp3) is 0.308. The molecule has 1 N–H and O–H groups in total. The minimum atomic E-state index is 0.733. The van der Waals surface area contributed by atoms with Crippen molar-refractivity contribution in [3.63, 3.8) is 0 Å². The van der Waals surface area contributed by atoms with Gasteiger partial charge in [-0.1, -0.05) is 24.8 Å². The van der Waals surface area contributed by atoms with E-state index in [1.165, 1.54) is 16.8 Å². The topological polar surface area (TPSA) is 49.9 Å². The molecule has 1 aliphatic carbocycles. The van der Waals surface area contributed by atoms with Crippen LogP contribution in [0.15, 0.2) is 81.0 Å². The Morgan fingerprint density at radius 3 is 2.40 bits per heavy atom. The minimum absolute atomic E-state index is 0.733. The highest BCUT2D eigenvalue weighted by Crippen LogP contribution is 2.28. The van der Waals surface area contributed by atoms with E-state index in [-0.39, 0.29) is 0 Å². The smallest absolute Gasteiger partial charge is 0.154 e. The number of benzene rings is 1. The maximum Gasteiger partial charge on any atom is 0.154 e. The Morgan fingerprint density at radius 2 is 1.83 bits per heavy atom. The Balaban J connectivity index is 0.000000735. The van der Waals surface area contributed by atoms with Gasteiger partial charge in [0.1, 0.15) is 5.70 Å². The number of rotatable bonds is 5. The molecule has 4 heteroatoms. The molecule has 0 aliphatic heterocycles. The number of fused-ring (bicyclic) bond motifs is 1. The first kappa shape index (κ1) is 23.1. The molecular weight excluding hydrogens is 370 g/mol. The van der Waals surface area contributed by atoms with Crippen molar-refractivity contribution in [1.82, 2.24) is 0 Å². The van der Waals surface area contributed by atoms with E-state index in [0.717, 1.165) is 47.0 Å². The van der Waals surface area contributed by atoms with Crippen LogP contribution in [0.5, 0.6) is 0 Å². The molecule has 0 saturated carbocycles. The van der Waals surface area contributed by atoms with Gasteiger partial charge in [-0.05, 0) is 88.4 Å². The van der Waals surface area contributed by atoms with Gasteiger partial charge in [-0.15, -0.1) is 0 Å². The number of furan rings is 1. The van der Waals surface area contributed by atoms with E-state index in [1.807, 2.05) is 66.0 Å². The molecule has 4 nitrogen and oxygen atoms in total. The third-order valence-electron chi connectivity index (χ3n) is 4.99. The monoisotopic (exact) mass is 403 g/mol. The Labute approximate surface area is 180 Å². The highest BCUT2D eigenvalue weighted by atomic mass is 16.3. The molecule has 0 unspecified atom stereocenters. The second-order valence-corrected chi connectivity index (χ2v) is 7.26. The SMILES string of the molecule is C/C=C\C.C=C(C)C(C)=N/C(=C(\C)Nc1ccc2c(c1)CCC2=NC)c1ccco1. The summed E-state index contributed by atoms with van der Waals surface area (Å²) in [6.07, 6.45) is 7.72. The van der Waals surface area contributed by atoms with Crippen molar-refractivity contribution in [2.75, 3.05) is 12.4 Å². The fourth-order valence-electron chi connectivity index (χ4n) is 3.06. The molecule has 1 aromatic carbocycles. The van der Waals surface area contributed by atoms with Crippen LogP contribution in [0.4, 0.5) is 5.69 Å². The number of nitrogens with zero attached hydrogens (tertiary/aromatic N) is 2. The van der Waals surface area contributed by atoms with Gasteiger partial charge in [-0.25, -0.2) is 4.99 Å². The van der Waals surface area contributed by atoms with Gasteiger partial charge in [-0.2, -0.15) is 0 Å². The molecule has 30 heavy (non-hydrogen) atoms. The summed E-state index contributed by atoms with van der Waals surface area (Å²) >= 11 is 0. The van der Waals surface area contributed by atoms with Crippen LogP contribution < -0.4 is 5.32 Å². The largest absolute Gasteiger partial charge is 0.463 e. The molecule has 1 aromatic heterocycles. The predicted molar refractivity (Wildman–Crippen MR) is 131 cm³/mol. The van der Waals surface area contributed by atoms with E-state index < -0.39 is 0 Å². The minimum Gasteiger partial charge on any atom is -0.463 e. The third-order valence-corrected chi connectivity index (χ3v) is 4.99. The highest BCUT2D eigenvalue weighted by Gasteiger charge is 2.17. The van der Waals surface area contributed by atoms with Crippen LogP contribution in [0.2, 0.25) is 0 Å². The molecule has 2 aromatic rings. The number of hydrogen-bond acceptors (Lipinski definition) is 4. The van der Waals surface area contributed by atoms with Crippen LogP contribution in [0.1, 0.15) is 57.9 Å². The van der Waals surface area contributed by atoms with Crippen LogP contribution in [0.25, 0.3) is 5.70 Å². The first-order chi connectivity index (χ1) is 14.4. The summed E-state index contributed by atoms with van der Waals surface area (Å²) in [4.78, 5) is 9.11. The van der Waals surface area contributed by atoms with Gasteiger partial charge in [0.25, 0.3) is 0 Å². The maximum absolute atomic E-state index is 5.59. The van der Waals surface area contributed by atoms with Crippen LogP contribution in [0, 0.1) is 0 Å². The molecule has 0 fully saturated rings. The third kappa shape index (κ3) is 5.93. The van der Waals surface area contributed by atoms with E-state index in [9.17, 15) is 0 Å². The lowest BCUT2D eigenvalue weighted by Gasteiger charge is -2.12. The first-order valence-corrected chi connectivity index (χ1v) is 10.3. The van der Waals surface area contributed by atoms with Crippen molar-refractivity contribution < 1.29 is 4.42 Å². The predicted octanol–water partition coefficient (Wildman–Crippen LogP) is 7.06. The maximum atomic E-state index is 5.59. The Bertz CT molecular complexity index is 985. The van der Waals surface area contributed by atoms with Crippen LogP contribution >= 0.6 is 0 Å². The summed E-state index contributed by atoms with van der Waals surface area (Å²) in [5.41, 5.74) is 8.38. The molecule has 1 heterocycles. The normalized spacial score (nSPS) is 15.5. The van der Waals surface area contributed by atoms with E-state index >= 15 is 0 Å². The Kier molecular flexibility index (Phi) is 8.60. The van der Waals surface area contributed by atoms with Crippen LogP contribution in [-0.4, -0.2) is 18.5 Å². The average molecular weight is 404 g/mol. The molecular formula is C26H33N3O. The second kappa shape index (κ2) is 11.1. The van der Waals surface area contributed by atoms with Crippen molar-refractivity contribution in [3.8, 4) is 0 Å². The zero-order valence-electron chi connectivity index (χ0n) is 19.0. The lowest BCUT2D eigenvalue weighted by Crippen LogP contribution is -2.02. The number of aliphatic imine (C=N–C) groups is 2.